The molecule has 1 aromatic carbocycles. The number of carbonyl (C=O) groups excluding carboxylic acids is 1. The number of nitrogens with zero attached hydrogens (tertiary/aromatic N) is 2. The van der Waals surface area contributed by atoms with Crippen molar-refractivity contribution in [2.75, 3.05) is 0 Å². The summed E-state index contributed by atoms with van der Waals surface area (Å²) in [6, 6.07) is 7.72. The number of aldehydes is 1. The number of halogens is 1. The van der Waals surface area contributed by atoms with Gasteiger partial charge in [0, 0.05) is 29.9 Å². The molecule has 0 aliphatic carbocycles. The van der Waals surface area contributed by atoms with Crippen molar-refractivity contribution in [3.05, 3.63) is 35.0 Å². The van der Waals surface area contributed by atoms with E-state index >= 15 is 0 Å². The van der Waals surface area contributed by atoms with Crippen molar-refractivity contribution in [3.8, 4) is 0 Å². The first-order chi connectivity index (χ1) is 8.13. The van der Waals surface area contributed by atoms with E-state index in [4.69, 9.17) is 11.6 Å². The molecule has 2 heterocycles. The molecule has 0 saturated carbocycles. The molecule has 0 saturated heterocycles. The van der Waals surface area contributed by atoms with Gasteiger partial charge in [-0.15, -0.1) is 0 Å². The van der Waals surface area contributed by atoms with Gasteiger partial charge in [0.15, 0.2) is 6.29 Å². The molecule has 3 aromatic rings. The van der Waals surface area contributed by atoms with E-state index in [0.29, 0.717) is 10.7 Å². The predicted octanol–water partition coefficient (Wildman–Crippen LogP) is 3.14. The highest BCUT2D eigenvalue weighted by atomic mass is 35.5. The molecule has 0 radical (unpaired) electrons. The minimum Gasteiger partial charge on any atom is -0.330 e. The summed E-state index contributed by atoms with van der Waals surface area (Å²) in [6.45, 7) is 0. The molecule has 3 nitrogen and oxygen atoms in total. The number of hydrogen-bond donors (Lipinski definition) is 0. The van der Waals surface area contributed by atoms with Gasteiger partial charge in [-0.25, -0.2) is 0 Å². The lowest BCUT2D eigenvalue weighted by Crippen LogP contribution is -1.98. The fourth-order valence-electron chi connectivity index (χ4n) is 2.46. The average molecular weight is 247 g/mol. The first kappa shape index (κ1) is 10.4. The Morgan fingerprint density at radius 3 is 2.59 bits per heavy atom. The number of carbonyl (C=O) groups is 1. The molecule has 3 rings (SSSR count). The topological polar surface area (TPSA) is 26.9 Å². The lowest BCUT2D eigenvalue weighted by Gasteiger charge is -2.02. The molecule has 0 unspecified atom stereocenters. The highest BCUT2D eigenvalue weighted by molar-refractivity contribution is 6.31. The van der Waals surface area contributed by atoms with Gasteiger partial charge in [0.2, 0.25) is 0 Å². The summed E-state index contributed by atoms with van der Waals surface area (Å²) in [7, 11) is 3.89. The largest absolute Gasteiger partial charge is 0.330 e. The maximum absolute atomic E-state index is 11.0. The van der Waals surface area contributed by atoms with Gasteiger partial charge in [0.05, 0.1) is 11.2 Å². The van der Waals surface area contributed by atoms with Gasteiger partial charge in [-0.1, -0.05) is 11.6 Å². The summed E-state index contributed by atoms with van der Waals surface area (Å²) in [6.07, 6.45) is 0.871. The van der Waals surface area contributed by atoms with Crippen molar-refractivity contribution in [3.63, 3.8) is 0 Å². The van der Waals surface area contributed by atoms with Crippen molar-refractivity contribution in [1.82, 2.24) is 9.13 Å². The van der Waals surface area contributed by atoms with E-state index in [1.807, 2.05) is 42.9 Å². The summed E-state index contributed by atoms with van der Waals surface area (Å²) >= 11 is 6.02. The third-order valence-corrected chi connectivity index (χ3v) is 3.52. The molecule has 0 atom stereocenters. The fraction of sp³-hybridized carbons (Fsp3) is 0.154. The highest BCUT2D eigenvalue weighted by Crippen LogP contribution is 2.31. The summed E-state index contributed by atoms with van der Waals surface area (Å²) in [5, 5.41) is 2.86. The lowest BCUT2D eigenvalue weighted by molar-refractivity contribution is 0.111. The first-order valence-electron chi connectivity index (χ1n) is 5.32. The van der Waals surface area contributed by atoms with Crippen molar-refractivity contribution >= 4 is 39.8 Å². The van der Waals surface area contributed by atoms with Crippen LogP contribution < -0.4 is 0 Å². The van der Waals surface area contributed by atoms with E-state index < -0.39 is 0 Å². The Hall–Kier alpha value is -1.74. The average Bonchev–Trinajstić information content (AvgIpc) is 2.77. The summed E-state index contributed by atoms with van der Waals surface area (Å²) in [5.41, 5.74) is 2.82. The molecule has 0 bridgehead atoms. The summed E-state index contributed by atoms with van der Waals surface area (Å²) in [5.74, 6) is 0. The third kappa shape index (κ3) is 1.26. The van der Waals surface area contributed by atoms with E-state index in [9.17, 15) is 4.79 Å². The van der Waals surface area contributed by atoms with Gasteiger partial charge >= 0.3 is 0 Å². The van der Waals surface area contributed by atoms with E-state index in [1.54, 1.807) is 0 Å². The molecule has 0 aliphatic heterocycles. The van der Waals surface area contributed by atoms with Crippen LogP contribution in [-0.2, 0) is 14.1 Å². The quantitative estimate of drug-likeness (QED) is 0.606. The van der Waals surface area contributed by atoms with Crippen LogP contribution in [0, 0.1) is 0 Å². The van der Waals surface area contributed by atoms with Gasteiger partial charge in [-0.05, 0) is 24.3 Å². The highest BCUT2D eigenvalue weighted by Gasteiger charge is 2.14. The third-order valence-electron chi connectivity index (χ3n) is 3.29. The zero-order valence-corrected chi connectivity index (χ0v) is 10.3. The minimum absolute atomic E-state index is 0.674. The van der Waals surface area contributed by atoms with Crippen LogP contribution in [0.15, 0.2) is 24.3 Å². The number of aromatic nitrogens is 2. The first-order valence-corrected chi connectivity index (χ1v) is 5.70. The van der Waals surface area contributed by atoms with Crippen LogP contribution >= 0.6 is 11.6 Å². The Labute approximate surface area is 103 Å². The Morgan fingerprint density at radius 2 is 1.88 bits per heavy atom. The standard InChI is InChI=1S/C13H11ClN2O/c1-15-9(7-17)6-11-10-5-8(14)3-4-12(10)16(2)13(11)15/h3-7H,1-2H3. The number of aryl methyl sites for hydroxylation is 2. The van der Waals surface area contributed by atoms with Gasteiger partial charge in [-0.3, -0.25) is 4.79 Å². The van der Waals surface area contributed by atoms with Crippen LogP contribution in [0.1, 0.15) is 10.5 Å². The van der Waals surface area contributed by atoms with Crippen LogP contribution in [0.5, 0.6) is 0 Å². The van der Waals surface area contributed by atoms with E-state index in [2.05, 4.69) is 4.57 Å². The van der Waals surface area contributed by atoms with Gasteiger partial charge in [0.1, 0.15) is 5.65 Å². The Balaban J connectivity index is 2.59. The molecule has 0 aliphatic rings. The number of rotatable bonds is 1. The maximum Gasteiger partial charge on any atom is 0.166 e. The zero-order chi connectivity index (χ0) is 12.2. The number of fused-ring (bicyclic) bond motifs is 3. The van der Waals surface area contributed by atoms with Gasteiger partial charge < -0.3 is 9.13 Å². The van der Waals surface area contributed by atoms with E-state index in [0.717, 1.165) is 28.2 Å². The zero-order valence-electron chi connectivity index (χ0n) is 9.57. The van der Waals surface area contributed by atoms with Crippen LogP contribution in [0.3, 0.4) is 0 Å². The van der Waals surface area contributed by atoms with Gasteiger partial charge in [0.25, 0.3) is 0 Å². The number of hydrogen-bond acceptors (Lipinski definition) is 1. The van der Waals surface area contributed by atoms with Crippen LogP contribution in [0.2, 0.25) is 5.02 Å². The smallest absolute Gasteiger partial charge is 0.166 e. The second-order valence-electron chi connectivity index (χ2n) is 4.20. The fourth-order valence-corrected chi connectivity index (χ4v) is 2.63. The predicted molar refractivity (Wildman–Crippen MR) is 69.8 cm³/mol. The molecule has 0 amide bonds. The van der Waals surface area contributed by atoms with Crippen molar-refractivity contribution in [2.24, 2.45) is 14.1 Å². The Kier molecular flexibility index (Phi) is 2.07. The molecular formula is C13H11ClN2O. The molecule has 0 N–H and O–H groups in total. The maximum atomic E-state index is 11.0. The van der Waals surface area contributed by atoms with Crippen molar-refractivity contribution in [2.45, 2.75) is 0 Å². The molecule has 4 heteroatoms. The molecular weight excluding hydrogens is 236 g/mol. The Bertz CT molecular complexity index is 752. The monoisotopic (exact) mass is 246 g/mol. The molecule has 86 valence electrons. The molecule has 0 fully saturated rings. The summed E-state index contributed by atoms with van der Waals surface area (Å²) < 4.78 is 3.98. The van der Waals surface area contributed by atoms with Gasteiger partial charge in [-0.2, -0.15) is 0 Å². The second-order valence-corrected chi connectivity index (χ2v) is 4.64. The van der Waals surface area contributed by atoms with Crippen LogP contribution in [0.25, 0.3) is 21.9 Å². The molecule has 17 heavy (non-hydrogen) atoms. The van der Waals surface area contributed by atoms with Crippen LogP contribution in [0.4, 0.5) is 0 Å². The summed E-state index contributed by atoms with van der Waals surface area (Å²) in [4.78, 5) is 11.0. The van der Waals surface area contributed by atoms with Crippen molar-refractivity contribution in [1.29, 1.82) is 0 Å². The lowest BCUT2D eigenvalue weighted by atomic mass is 10.2. The van der Waals surface area contributed by atoms with Crippen molar-refractivity contribution < 1.29 is 4.79 Å². The molecule has 2 aromatic heterocycles. The van der Waals surface area contributed by atoms with E-state index in [-0.39, 0.29) is 0 Å². The SMILES string of the molecule is Cn1c(C=O)cc2c3cc(Cl)ccc3n(C)c21. The number of benzene rings is 1. The minimum atomic E-state index is 0.674. The Morgan fingerprint density at radius 1 is 1.12 bits per heavy atom. The molecule has 0 spiro atoms. The normalized spacial score (nSPS) is 11.5. The van der Waals surface area contributed by atoms with E-state index in [1.165, 1.54) is 0 Å². The van der Waals surface area contributed by atoms with Crippen LogP contribution in [-0.4, -0.2) is 15.4 Å². The second kappa shape index (κ2) is 3.37.